The number of carboxylic acids is 1. The standard InChI is InChI=1S/C20H30O.C6H14N4O2/c1-16(8-6-9-17(2)13-15-21)11-12-19-18(3)10-7-14-20(19,4)5;7-4(5(11)12)2-1-3-10-6(8)9/h6,8-9,11-13,21H,7,10,14-15H2,1-5H3;4H,1-3,7H2,(H,11,12)(H4,8,9,10)/b9-6+,12-11+,16-8+,17-13+;/t;4-/m.0/s1. The number of nitrogens with zero attached hydrogens (tertiary/aromatic N) is 1. The molecule has 7 heteroatoms. The van der Waals surface area contributed by atoms with Crippen LogP contribution in [-0.2, 0) is 4.79 Å². The van der Waals surface area contributed by atoms with E-state index in [1.807, 2.05) is 19.1 Å². The Morgan fingerprint density at radius 3 is 2.42 bits per heavy atom. The highest BCUT2D eigenvalue weighted by atomic mass is 16.4. The van der Waals surface area contributed by atoms with E-state index in [0.717, 1.165) is 5.57 Å². The normalized spacial score (nSPS) is 17.7. The van der Waals surface area contributed by atoms with Crippen LogP contribution in [0.1, 0.15) is 66.7 Å². The van der Waals surface area contributed by atoms with E-state index in [2.05, 4.69) is 50.9 Å². The Labute approximate surface area is 199 Å². The molecule has 0 aromatic rings. The maximum atomic E-state index is 10.2. The third-order valence-corrected chi connectivity index (χ3v) is 5.47. The van der Waals surface area contributed by atoms with E-state index in [0.29, 0.717) is 24.8 Å². The van der Waals surface area contributed by atoms with Crippen molar-refractivity contribution >= 4 is 11.9 Å². The van der Waals surface area contributed by atoms with Crippen molar-refractivity contribution < 1.29 is 15.0 Å². The summed E-state index contributed by atoms with van der Waals surface area (Å²) in [4.78, 5) is 13.9. The molecule has 1 rings (SSSR count). The average molecular weight is 461 g/mol. The molecule has 33 heavy (non-hydrogen) atoms. The van der Waals surface area contributed by atoms with Gasteiger partial charge in [-0.15, -0.1) is 0 Å². The van der Waals surface area contributed by atoms with Crippen molar-refractivity contribution in [1.29, 1.82) is 0 Å². The van der Waals surface area contributed by atoms with Crippen LogP contribution < -0.4 is 17.2 Å². The summed E-state index contributed by atoms with van der Waals surface area (Å²) in [5.74, 6) is -0.987. The molecule has 1 aliphatic rings. The van der Waals surface area contributed by atoms with Gasteiger partial charge < -0.3 is 27.4 Å². The fraction of sp³-hybridized carbons (Fsp3) is 0.538. The molecule has 1 aliphatic carbocycles. The molecule has 0 bridgehead atoms. The van der Waals surface area contributed by atoms with Crippen LogP contribution in [-0.4, -0.2) is 41.3 Å². The average Bonchev–Trinajstić information content (AvgIpc) is 2.70. The van der Waals surface area contributed by atoms with Crippen LogP contribution in [0.25, 0.3) is 0 Å². The van der Waals surface area contributed by atoms with Gasteiger partial charge in [-0.3, -0.25) is 9.79 Å². The van der Waals surface area contributed by atoms with Gasteiger partial charge in [-0.25, -0.2) is 0 Å². The van der Waals surface area contributed by atoms with Crippen molar-refractivity contribution in [3.8, 4) is 0 Å². The monoisotopic (exact) mass is 460 g/mol. The van der Waals surface area contributed by atoms with Gasteiger partial charge in [0.2, 0.25) is 0 Å². The number of hydrogen-bond acceptors (Lipinski definition) is 4. The number of carboxylic acid groups (broad SMARTS) is 1. The largest absolute Gasteiger partial charge is 0.480 e. The van der Waals surface area contributed by atoms with Crippen LogP contribution in [0.5, 0.6) is 0 Å². The quantitative estimate of drug-likeness (QED) is 0.144. The molecule has 0 unspecified atom stereocenters. The second-order valence-electron chi connectivity index (χ2n) is 9.06. The highest BCUT2D eigenvalue weighted by Crippen LogP contribution is 2.40. The topological polar surface area (TPSA) is 148 Å². The first-order chi connectivity index (χ1) is 15.4. The smallest absolute Gasteiger partial charge is 0.320 e. The first-order valence-corrected chi connectivity index (χ1v) is 11.5. The number of aliphatic imine (C=N–C) groups is 1. The number of carbonyl (C=O) groups is 1. The summed E-state index contributed by atoms with van der Waals surface area (Å²) in [5, 5.41) is 17.2. The van der Waals surface area contributed by atoms with E-state index < -0.39 is 12.0 Å². The van der Waals surface area contributed by atoms with Gasteiger partial charge in [0.1, 0.15) is 6.04 Å². The molecule has 0 saturated heterocycles. The Hall–Kier alpha value is -2.64. The number of aliphatic hydroxyl groups excluding tert-OH is 1. The van der Waals surface area contributed by atoms with Gasteiger partial charge in [0.05, 0.1) is 6.61 Å². The van der Waals surface area contributed by atoms with Gasteiger partial charge in [0.25, 0.3) is 0 Å². The van der Waals surface area contributed by atoms with E-state index in [1.54, 1.807) is 6.08 Å². The fourth-order valence-electron chi connectivity index (χ4n) is 3.49. The molecule has 7 nitrogen and oxygen atoms in total. The fourth-order valence-corrected chi connectivity index (χ4v) is 3.49. The minimum absolute atomic E-state index is 0.0129. The van der Waals surface area contributed by atoms with Crippen LogP contribution in [0.4, 0.5) is 0 Å². The molecular formula is C26H44N4O3. The van der Waals surface area contributed by atoms with Crippen molar-refractivity contribution in [2.75, 3.05) is 13.2 Å². The first kappa shape index (κ1) is 30.4. The van der Waals surface area contributed by atoms with Crippen molar-refractivity contribution in [3.05, 3.63) is 58.7 Å². The molecule has 0 aromatic carbocycles. The third-order valence-electron chi connectivity index (χ3n) is 5.47. The van der Waals surface area contributed by atoms with Gasteiger partial charge in [-0.2, -0.15) is 0 Å². The summed E-state index contributed by atoms with van der Waals surface area (Å²) >= 11 is 0. The molecule has 0 heterocycles. The molecule has 8 N–H and O–H groups in total. The van der Waals surface area contributed by atoms with Crippen LogP contribution in [0.2, 0.25) is 0 Å². The van der Waals surface area contributed by atoms with Gasteiger partial charge >= 0.3 is 5.97 Å². The van der Waals surface area contributed by atoms with Crippen LogP contribution in [0.15, 0.2) is 63.7 Å². The molecule has 0 aliphatic heterocycles. The van der Waals surface area contributed by atoms with E-state index in [4.69, 9.17) is 27.4 Å². The minimum atomic E-state index is -1.00. The van der Waals surface area contributed by atoms with Crippen LogP contribution in [0, 0.1) is 5.41 Å². The van der Waals surface area contributed by atoms with Crippen molar-refractivity contribution in [1.82, 2.24) is 0 Å². The maximum absolute atomic E-state index is 10.2. The number of allylic oxidation sites excluding steroid dienone is 9. The summed E-state index contributed by atoms with van der Waals surface area (Å²) in [6.07, 6.45) is 17.2. The molecule has 1 atom stereocenters. The second-order valence-corrected chi connectivity index (χ2v) is 9.06. The van der Waals surface area contributed by atoms with Crippen LogP contribution >= 0.6 is 0 Å². The van der Waals surface area contributed by atoms with Crippen molar-refractivity contribution in [3.63, 3.8) is 0 Å². The minimum Gasteiger partial charge on any atom is -0.480 e. The Kier molecular flexibility index (Phi) is 14.8. The second kappa shape index (κ2) is 16.0. The Balaban J connectivity index is 0.000000728. The summed E-state index contributed by atoms with van der Waals surface area (Å²) < 4.78 is 0. The highest BCUT2D eigenvalue weighted by Gasteiger charge is 2.26. The van der Waals surface area contributed by atoms with E-state index in [9.17, 15) is 4.79 Å². The lowest BCUT2D eigenvalue weighted by Crippen LogP contribution is -2.30. The SMILES string of the molecule is CC1=C(/C=C/C(C)=C/C=C/C(C)=C/CO)C(C)(C)CCC1.NC(N)=NCCC[C@H](N)C(=O)O. The predicted molar refractivity (Wildman–Crippen MR) is 139 cm³/mol. The zero-order valence-electron chi connectivity index (χ0n) is 21.0. The number of aliphatic hydroxyl groups is 1. The molecule has 0 spiro atoms. The predicted octanol–water partition coefficient (Wildman–Crippen LogP) is 3.96. The first-order valence-electron chi connectivity index (χ1n) is 11.5. The lowest BCUT2D eigenvalue weighted by molar-refractivity contribution is -0.138. The molecule has 0 radical (unpaired) electrons. The zero-order chi connectivity index (χ0) is 25.4. The molecule has 186 valence electrons. The van der Waals surface area contributed by atoms with E-state index >= 15 is 0 Å². The Bertz CT molecular complexity index is 798. The molecule has 0 saturated carbocycles. The number of rotatable bonds is 10. The number of hydrogen-bond donors (Lipinski definition) is 5. The van der Waals surface area contributed by atoms with Crippen LogP contribution in [0.3, 0.4) is 0 Å². The third kappa shape index (κ3) is 14.2. The van der Waals surface area contributed by atoms with Crippen molar-refractivity contribution in [2.45, 2.75) is 72.8 Å². The Morgan fingerprint density at radius 1 is 1.21 bits per heavy atom. The lowest BCUT2D eigenvalue weighted by Gasteiger charge is -2.32. The summed E-state index contributed by atoms with van der Waals surface area (Å²) in [6.45, 7) is 11.6. The van der Waals surface area contributed by atoms with Gasteiger partial charge in [0.15, 0.2) is 5.96 Å². The maximum Gasteiger partial charge on any atom is 0.320 e. The van der Waals surface area contributed by atoms with Crippen molar-refractivity contribution in [2.24, 2.45) is 27.6 Å². The lowest BCUT2D eigenvalue weighted by atomic mass is 9.72. The summed E-state index contributed by atoms with van der Waals surface area (Å²) in [6, 6.07) is -0.820. The van der Waals surface area contributed by atoms with Gasteiger partial charge in [0, 0.05) is 6.54 Å². The molecule has 0 aromatic heterocycles. The number of nitrogens with two attached hydrogens (primary N) is 3. The van der Waals surface area contributed by atoms with E-state index in [-0.39, 0.29) is 12.6 Å². The summed E-state index contributed by atoms with van der Waals surface area (Å²) in [7, 11) is 0. The highest BCUT2D eigenvalue weighted by molar-refractivity contribution is 5.75. The molecule has 0 amide bonds. The van der Waals surface area contributed by atoms with E-state index in [1.165, 1.54) is 36.0 Å². The molecule has 0 fully saturated rings. The number of guanidine groups is 1. The molecular weight excluding hydrogens is 416 g/mol. The Morgan fingerprint density at radius 2 is 1.88 bits per heavy atom. The summed E-state index contributed by atoms with van der Waals surface area (Å²) in [5.41, 5.74) is 21.0. The number of aliphatic carboxylic acids is 1. The van der Waals surface area contributed by atoms with Gasteiger partial charge in [-0.1, -0.05) is 67.0 Å². The zero-order valence-corrected chi connectivity index (χ0v) is 21.0. The van der Waals surface area contributed by atoms with Gasteiger partial charge in [-0.05, 0) is 63.9 Å².